The molecule has 0 saturated carbocycles. The minimum atomic E-state index is -0.530. The van der Waals surface area contributed by atoms with Gasteiger partial charge in [0, 0.05) is 0 Å². The summed E-state index contributed by atoms with van der Waals surface area (Å²) in [6.07, 6.45) is 0. The van der Waals surface area contributed by atoms with Gasteiger partial charge in [0.15, 0.2) is 5.78 Å². The van der Waals surface area contributed by atoms with E-state index in [2.05, 4.69) is 5.32 Å². The van der Waals surface area contributed by atoms with Crippen LogP contribution in [-0.2, 0) is 9.59 Å². The molecule has 1 saturated heterocycles. The summed E-state index contributed by atoms with van der Waals surface area (Å²) in [4.78, 5) is 36.8. The van der Waals surface area contributed by atoms with Gasteiger partial charge in [0.2, 0.25) is 11.8 Å². The molecule has 1 aliphatic heterocycles. The fourth-order valence-electron chi connectivity index (χ4n) is 2.29. The quantitative estimate of drug-likeness (QED) is 0.651. The molecular weight excluding hydrogens is 260 g/mol. The summed E-state index contributed by atoms with van der Waals surface area (Å²) in [5.74, 6) is -0.507. The number of methoxy groups -OCH3 is 1. The Kier molecular flexibility index (Phi) is 3.74. The van der Waals surface area contributed by atoms with Crippen LogP contribution in [0.25, 0.3) is 0 Å². The molecule has 6 nitrogen and oxygen atoms in total. The van der Waals surface area contributed by atoms with Gasteiger partial charge in [-0.2, -0.15) is 0 Å². The molecule has 1 aromatic carbocycles. The lowest BCUT2D eigenvalue weighted by Crippen LogP contribution is -2.57. The van der Waals surface area contributed by atoms with Gasteiger partial charge in [0.25, 0.3) is 0 Å². The molecule has 2 rings (SSSR count). The number of amides is 2. The Labute approximate surface area is 116 Å². The van der Waals surface area contributed by atoms with Gasteiger partial charge in [-0.25, -0.2) is 0 Å². The van der Waals surface area contributed by atoms with E-state index in [1.165, 1.54) is 14.0 Å². The van der Waals surface area contributed by atoms with Gasteiger partial charge in [-0.3, -0.25) is 19.7 Å². The molecule has 6 heteroatoms. The topological polar surface area (TPSA) is 75.7 Å². The van der Waals surface area contributed by atoms with Gasteiger partial charge >= 0.3 is 0 Å². The number of ketones is 1. The van der Waals surface area contributed by atoms with E-state index in [9.17, 15) is 14.4 Å². The normalized spacial score (nSPS) is 18.8. The third kappa shape index (κ3) is 2.36. The minimum absolute atomic E-state index is 0.0281. The predicted molar refractivity (Wildman–Crippen MR) is 73.0 cm³/mol. The Balaban J connectivity index is 2.54. The second-order valence-corrected chi connectivity index (χ2v) is 4.63. The van der Waals surface area contributed by atoms with Gasteiger partial charge in [-0.15, -0.1) is 0 Å². The summed E-state index contributed by atoms with van der Waals surface area (Å²) in [5.41, 5.74) is 0.914. The van der Waals surface area contributed by atoms with Crippen LogP contribution < -0.4 is 15.0 Å². The lowest BCUT2D eigenvalue weighted by Gasteiger charge is -2.34. The molecule has 1 heterocycles. The molecule has 1 fully saturated rings. The van der Waals surface area contributed by atoms with Crippen molar-refractivity contribution in [3.05, 3.63) is 23.8 Å². The first-order chi connectivity index (χ1) is 9.45. The van der Waals surface area contributed by atoms with Crippen molar-refractivity contribution in [1.82, 2.24) is 5.32 Å². The second kappa shape index (κ2) is 5.32. The van der Waals surface area contributed by atoms with E-state index in [-0.39, 0.29) is 24.1 Å². The maximum absolute atomic E-state index is 11.9. The number of nitrogens with zero attached hydrogens (tertiary/aromatic N) is 1. The van der Waals surface area contributed by atoms with Crippen molar-refractivity contribution in [3.63, 3.8) is 0 Å². The van der Waals surface area contributed by atoms with Crippen LogP contribution in [0.5, 0.6) is 5.75 Å². The monoisotopic (exact) mass is 276 g/mol. The zero-order valence-electron chi connectivity index (χ0n) is 11.6. The van der Waals surface area contributed by atoms with Crippen LogP contribution in [0, 0.1) is 0 Å². The van der Waals surface area contributed by atoms with Gasteiger partial charge in [-0.05, 0) is 26.0 Å². The Hall–Kier alpha value is -2.37. The van der Waals surface area contributed by atoms with Crippen LogP contribution >= 0.6 is 0 Å². The molecule has 2 amide bonds. The molecule has 1 aliphatic rings. The van der Waals surface area contributed by atoms with E-state index in [0.29, 0.717) is 17.0 Å². The maximum Gasteiger partial charge on any atom is 0.249 e. The number of piperazine rings is 1. The standard InChI is InChI=1S/C14H16N2O4/c1-8-14(19)15-12(18)7-16(8)10-5-4-6-11(20-3)13(10)9(2)17/h4-6,8H,7H2,1-3H3,(H,15,18,19). The zero-order chi connectivity index (χ0) is 14.9. The summed E-state index contributed by atoms with van der Waals surface area (Å²) < 4.78 is 5.19. The number of nitrogens with one attached hydrogen (secondary N) is 1. The van der Waals surface area contributed by atoms with Crippen LogP contribution in [-0.4, -0.2) is 37.3 Å². The van der Waals surface area contributed by atoms with Crippen LogP contribution in [0.2, 0.25) is 0 Å². The first kappa shape index (κ1) is 14.0. The van der Waals surface area contributed by atoms with Crippen molar-refractivity contribution in [3.8, 4) is 5.75 Å². The number of imide groups is 1. The van der Waals surface area contributed by atoms with Gasteiger partial charge in [-0.1, -0.05) is 6.07 Å². The number of carbonyl (C=O) groups excluding carboxylic acids is 3. The third-order valence-corrected chi connectivity index (χ3v) is 3.31. The van der Waals surface area contributed by atoms with Gasteiger partial charge in [0.05, 0.1) is 24.9 Å². The lowest BCUT2D eigenvalue weighted by molar-refractivity contribution is -0.132. The van der Waals surface area contributed by atoms with E-state index in [1.807, 2.05) is 0 Å². The molecular formula is C14H16N2O4. The lowest BCUT2D eigenvalue weighted by atomic mass is 10.0. The largest absolute Gasteiger partial charge is 0.496 e. The third-order valence-electron chi connectivity index (χ3n) is 3.31. The molecule has 1 unspecified atom stereocenters. The van der Waals surface area contributed by atoms with E-state index in [1.54, 1.807) is 30.0 Å². The molecule has 1 N–H and O–H groups in total. The summed E-state index contributed by atoms with van der Waals surface area (Å²) in [6.45, 7) is 3.14. The van der Waals surface area contributed by atoms with Crippen LogP contribution in [0.4, 0.5) is 5.69 Å². The Morgan fingerprint density at radius 3 is 2.70 bits per heavy atom. The SMILES string of the molecule is COc1cccc(N2CC(=O)NC(=O)C2C)c1C(C)=O. The highest BCUT2D eigenvalue weighted by Crippen LogP contribution is 2.31. The predicted octanol–water partition coefficient (Wildman–Crippen LogP) is 0.749. The first-order valence-corrected chi connectivity index (χ1v) is 6.24. The van der Waals surface area contributed by atoms with E-state index >= 15 is 0 Å². The molecule has 20 heavy (non-hydrogen) atoms. The van der Waals surface area contributed by atoms with Crippen molar-refractivity contribution in [2.75, 3.05) is 18.6 Å². The van der Waals surface area contributed by atoms with E-state index in [4.69, 9.17) is 4.74 Å². The Bertz CT molecular complexity index is 583. The average molecular weight is 276 g/mol. The highest BCUT2D eigenvalue weighted by molar-refractivity contribution is 6.08. The van der Waals surface area contributed by atoms with Crippen molar-refractivity contribution in [2.45, 2.75) is 19.9 Å². The number of rotatable bonds is 3. The molecule has 106 valence electrons. The number of anilines is 1. The maximum atomic E-state index is 11.9. The number of Topliss-reactive ketones (excluding diaryl/α,β-unsaturated/α-hetero) is 1. The highest BCUT2D eigenvalue weighted by Gasteiger charge is 2.32. The van der Waals surface area contributed by atoms with E-state index < -0.39 is 6.04 Å². The average Bonchev–Trinajstić information content (AvgIpc) is 2.41. The number of hydrogen-bond acceptors (Lipinski definition) is 5. The summed E-state index contributed by atoms with van der Waals surface area (Å²) in [5, 5.41) is 2.27. The molecule has 1 atom stereocenters. The number of carbonyl (C=O) groups is 3. The summed E-state index contributed by atoms with van der Waals surface area (Å²) in [6, 6.07) is 4.58. The first-order valence-electron chi connectivity index (χ1n) is 6.24. The zero-order valence-corrected chi connectivity index (χ0v) is 11.6. The highest BCUT2D eigenvalue weighted by atomic mass is 16.5. The molecule has 0 aliphatic carbocycles. The minimum Gasteiger partial charge on any atom is -0.496 e. The van der Waals surface area contributed by atoms with Crippen molar-refractivity contribution < 1.29 is 19.1 Å². The Morgan fingerprint density at radius 1 is 1.40 bits per heavy atom. The number of hydrogen-bond donors (Lipinski definition) is 1. The number of ether oxygens (including phenoxy) is 1. The Morgan fingerprint density at radius 2 is 2.10 bits per heavy atom. The van der Waals surface area contributed by atoms with Crippen LogP contribution in [0.1, 0.15) is 24.2 Å². The molecule has 0 bridgehead atoms. The van der Waals surface area contributed by atoms with Crippen molar-refractivity contribution in [2.24, 2.45) is 0 Å². The fraction of sp³-hybridized carbons (Fsp3) is 0.357. The van der Waals surface area contributed by atoms with Crippen molar-refractivity contribution in [1.29, 1.82) is 0 Å². The molecule has 1 aromatic rings. The molecule has 0 spiro atoms. The smallest absolute Gasteiger partial charge is 0.249 e. The summed E-state index contributed by atoms with van der Waals surface area (Å²) >= 11 is 0. The van der Waals surface area contributed by atoms with Gasteiger partial charge in [0.1, 0.15) is 11.8 Å². The van der Waals surface area contributed by atoms with Crippen LogP contribution in [0.3, 0.4) is 0 Å². The molecule has 0 radical (unpaired) electrons. The second-order valence-electron chi connectivity index (χ2n) is 4.63. The van der Waals surface area contributed by atoms with E-state index in [0.717, 1.165) is 0 Å². The van der Waals surface area contributed by atoms with Crippen LogP contribution in [0.15, 0.2) is 18.2 Å². The fourth-order valence-corrected chi connectivity index (χ4v) is 2.29. The summed E-state index contributed by atoms with van der Waals surface area (Å²) in [7, 11) is 1.48. The van der Waals surface area contributed by atoms with Gasteiger partial charge < -0.3 is 9.64 Å². The number of benzene rings is 1. The molecule has 0 aromatic heterocycles. The van der Waals surface area contributed by atoms with Crippen molar-refractivity contribution >= 4 is 23.3 Å².